The Morgan fingerprint density at radius 2 is 1.30 bits per heavy atom. The topological polar surface area (TPSA) is 35.5 Å². The highest BCUT2D eigenvalue weighted by atomic mass is 16.3. The standard InChI is InChI=1S/C20H28N2O/c1-15(20(23)18-13-9-6-10-14-18)21-19(16(2)22(3)4)17-11-7-5-8-12-17/h5-16,19-21,23H,1-4H3/t15-,16-,19-,20-/m0/s1. The summed E-state index contributed by atoms with van der Waals surface area (Å²) in [5.74, 6) is 0. The van der Waals surface area contributed by atoms with Crippen LogP contribution in [0.4, 0.5) is 0 Å². The van der Waals surface area contributed by atoms with Crippen LogP contribution in [-0.4, -0.2) is 36.2 Å². The number of nitrogens with zero attached hydrogens (tertiary/aromatic N) is 1. The van der Waals surface area contributed by atoms with Crippen LogP contribution < -0.4 is 5.32 Å². The molecule has 0 aliphatic carbocycles. The van der Waals surface area contributed by atoms with Crippen LogP contribution in [-0.2, 0) is 0 Å². The van der Waals surface area contributed by atoms with E-state index in [2.05, 4.69) is 55.5 Å². The fraction of sp³-hybridized carbons (Fsp3) is 0.400. The number of hydrogen-bond donors (Lipinski definition) is 2. The molecule has 124 valence electrons. The van der Waals surface area contributed by atoms with Crippen LogP contribution in [0.15, 0.2) is 60.7 Å². The maximum absolute atomic E-state index is 10.6. The van der Waals surface area contributed by atoms with Crippen molar-refractivity contribution in [1.82, 2.24) is 10.2 Å². The minimum Gasteiger partial charge on any atom is -0.387 e. The van der Waals surface area contributed by atoms with Crippen molar-refractivity contribution in [2.24, 2.45) is 0 Å². The Labute approximate surface area is 140 Å². The molecule has 0 aliphatic heterocycles. The van der Waals surface area contributed by atoms with Crippen molar-refractivity contribution in [3.05, 3.63) is 71.8 Å². The number of nitrogens with one attached hydrogen (secondary N) is 1. The van der Waals surface area contributed by atoms with E-state index in [9.17, 15) is 5.11 Å². The summed E-state index contributed by atoms with van der Waals surface area (Å²) in [5, 5.41) is 14.3. The first-order valence-electron chi connectivity index (χ1n) is 8.21. The highest BCUT2D eigenvalue weighted by Crippen LogP contribution is 2.24. The van der Waals surface area contributed by atoms with E-state index >= 15 is 0 Å². The molecule has 0 radical (unpaired) electrons. The third-order valence-corrected chi connectivity index (χ3v) is 4.51. The molecule has 3 heteroatoms. The highest BCUT2D eigenvalue weighted by molar-refractivity contribution is 5.22. The SMILES string of the molecule is C[C@H](N[C@H](c1ccccc1)[C@H](C)N(C)C)[C@H](O)c1ccccc1. The van der Waals surface area contributed by atoms with E-state index in [1.54, 1.807) is 0 Å². The summed E-state index contributed by atoms with van der Waals surface area (Å²) in [6.07, 6.45) is -0.531. The lowest BCUT2D eigenvalue weighted by atomic mass is 9.96. The maximum Gasteiger partial charge on any atom is 0.0940 e. The Bertz CT molecular complexity index is 571. The Morgan fingerprint density at radius 1 is 0.826 bits per heavy atom. The first-order valence-corrected chi connectivity index (χ1v) is 8.21. The molecule has 3 nitrogen and oxygen atoms in total. The van der Waals surface area contributed by atoms with Gasteiger partial charge in [0.1, 0.15) is 0 Å². The molecule has 0 unspecified atom stereocenters. The fourth-order valence-corrected chi connectivity index (χ4v) is 2.79. The second-order valence-electron chi connectivity index (χ2n) is 6.40. The summed E-state index contributed by atoms with van der Waals surface area (Å²) in [6.45, 7) is 4.24. The smallest absolute Gasteiger partial charge is 0.0940 e. The zero-order valence-corrected chi connectivity index (χ0v) is 14.5. The van der Waals surface area contributed by atoms with E-state index in [0.717, 1.165) is 5.56 Å². The number of likely N-dealkylation sites (N-methyl/N-ethyl adjacent to an activating group) is 1. The van der Waals surface area contributed by atoms with Crippen LogP contribution >= 0.6 is 0 Å². The lowest BCUT2D eigenvalue weighted by molar-refractivity contribution is 0.117. The quantitative estimate of drug-likeness (QED) is 0.822. The molecule has 0 fully saturated rings. The van der Waals surface area contributed by atoms with Gasteiger partial charge in [0.2, 0.25) is 0 Å². The van der Waals surface area contributed by atoms with Gasteiger partial charge in [0.15, 0.2) is 0 Å². The van der Waals surface area contributed by atoms with Crippen molar-refractivity contribution in [3.8, 4) is 0 Å². The number of hydrogen-bond acceptors (Lipinski definition) is 3. The van der Waals surface area contributed by atoms with E-state index in [1.165, 1.54) is 5.56 Å². The average Bonchev–Trinajstić information content (AvgIpc) is 2.59. The van der Waals surface area contributed by atoms with Gasteiger partial charge in [-0.25, -0.2) is 0 Å². The second-order valence-corrected chi connectivity index (χ2v) is 6.40. The monoisotopic (exact) mass is 312 g/mol. The van der Waals surface area contributed by atoms with Crippen molar-refractivity contribution in [2.45, 2.75) is 38.1 Å². The summed E-state index contributed by atoms with van der Waals surface area (Å²) in [7, 11) is 4.17. The minimum atomic E-state index is -0.531. The van der Waals surface area contributed by atoms with Gasteiger partial charge in [-0.3, -0.25) is 0 Å². The van der Waals surface area contributed by atoms with E-state index < -0.39 is 6.10 Å². The van der Waals surface area contributed by atoms with E-state index in [4.69, 9.17) is 0 Å². The molecule has 2 rings (SSSR count). The van der Waals surface area contributed by atoms with Gasteiger partial charge in [-0.1, -0.05) is 60.7 Å². The van der Waals surface area contributed by atoms with Gasteiger partial charge in [-0.15, -0.1) is 0 Å². The molecular formula is C20H28N2O. The zero-order valence-electron chi connectivity index (χ0n) is 14.5. The van der Waals surface area contributed by atoms with Crippen LogP contribution in [0, 0.1) is 0 Å². The highest BCUT2D eigenvalue weighted by Gasteiger charge is 2.25. The van der Waals surface area contributed by atoms with E-state index in [1.807, 2.05) is 43.3 Å². The lowest BCUT2D eigenvalue weighted by Gasteiger charge is -2.34. The van der Waals surface area contributed by atoms with Crippen LogP contribution in [0.1, 0.15) is 37.1 Å². The summed E-state index contributed by atoms with van der Waals surface area (Å²) in [6, 6.07) is 20.7. The maximum atomic E-state index is 10.6. The van der Waals surface area contributed by atoms with Crippen molar-refractivity contribution in [1.29, 1.82) is 0 Å². The summed E-state index contributed by atoms with van der Waals surface area (Å²) in [5.41, 5.74) is 2.18. The second kappa shape index (κ2) is 8.25. The number of aliphatic hydroxyl groups is 1. The first-order chi connectivity index (χ1) is 11.0. The molecule has 2 aromatic carbocycles. The van der Waals surface area contributed by atoms with Gasteiger partial charge in [0.25, 0.3) is 0 Å². The molecule has 0 saturated carbocycles. The van der Waals surface area contributed by atoms with Crippen LogP contribution in [0.2, 0.25) is 0 Å². The molecule has 23 heavy (non-hydrogen) atoms. The zero-order chi connectivity index (χ0) is 16.8. The third kappa shape index (κ3) is 4.64. The molecule has 0 heterocycles. The predicted molar refractivity (Wildman–Crippen MR) is 96.3 cm³/mol. The van der Waals surface area contributed by atoms with Gasteiger partial charge < -0.3 is 15.3 Å². The molecule has 0 spiro atoms. The van der Waals surface area contributed by atoms with E-state index in [-0.39, 0.29) is 12.1 Å². The fourth-order valence-electron chi connectivity index (χ4n) is 2.79. The molecular weight excluding hydrogens is 284 g/mol. The van der Waals surface area contributed by atoms with Crippen molar-refractivity contribution < 1.29 is 5.11 Å². The summed E-state index contributed by atoms with van der Waals surface area (Å²) in [4.78, 5) is 2.20. The Kier molecular flexibility index (Phi) is 6.34. The van der Waals surface area contributed by atoms with Gasteiger partial charge in [0.05, 0.1) is 6.10 Å². The van der Waals surface area contributed by atoms with E-state index in [0.29, 0.717) is 6.04 Å². The van der Waals surface area contributed by atoms with Gasteiger partial charge in [0, 0.05) is 18.1 Å². The van der Waals surface area contributed by atoms with Crippen molar-refractivity contribution in [2.75, 3.05) is 14.1 Å². The van der Waals surface area contributed by atoms with Gasteiger partial charge >= 0.3 is 0 Å². The molecule has 0 bridgehead atoms. The third-order valence-electron chi connectivity index (χ3n) is 4.51. The molecule has 4 atom stereocenters. The number of benzene rings is 2. The summed E-state index contributed by atoms with van der Waals surface area (Å²) < 4.78 is 0. The molecule has 2 N–H and O–H groups in total. The Balaban J connectivity index is 2.17. The average molecular weight is 312 g/mol. The van der Waals surface area contributed by atoms with Crippen LogP contribution in [0.5, 0.6) is 0 Å². The molecule has 0 amide bonds. The molecule has 0 aliphatic rings. The minimum absolute atomic E-state index is 0.0509. The summed E-state index contributed by atoms with van der Waals surface area (Å²) >= 11 is 0. The predicted octanol–water partition coefficient (Wildman–Crippen LogP) is 3.39. The van der Waals surface area contributed by atoms with Crippen molar-refractivity contribution in [3.63, 3.8) is 0 Å². The largest absolute Gasteiger partial charge is 0.387 e. The van der Waals surface area contributed by atoms with Crippen LogP contribution in [0.25, 0.3) is 0 Å². The molecule has 2 aromatic rings. The molecule has 0 aromatic heterocycles. The molecule has 0 saturated heterocycles. The normalized spacial score (nSPS) is 16.8. The Morgan fingerprint density at radius 3 is 1.78 bits per heavy atom. The Hall–Kier alpha value is -1.68. The number of aliphatic hydroxyl groups excluding tert-OH is 1. The van der Waals surface area contributed by atoms with Gasteiger partial charge in [-0.2, -0.15) is 0 Å². The lowest BCUT2D eigenvalue weighted by Crippen LogP contribution is -2.44. The van der Waals surface area contributed by atoms with Crippen LogP contribution in [0.3, 0.4) is 0 Å². The van der Waals surface area contributed by atoms with Crippen molar-refractivity contribution >= 4 is 0 Å². The number of rotatable bonds is 7. The first kappa shape index (κ1) is 17.7. The van der Waals surface area contributed by atoms with Gasteiger partial charge in [-0.05, 0) is 39.1 Å².